The number of para-hydroxylation sites is 1. The number of hydrogen-bond acceptors (Lipinski definition) is 4. The van der Waals surface area contributed by atoms with E-state index in [1.54, 1.807) is 0 Å². The number of anilines is 2. The van der Waals surface area contributed by atoms with E-state index >= 15 is 0 Å². The Morgan fingerprint density at radius 2 is 2.00 bits per heavy atom. The van der Waals surface area contributed by atoms with Crippen molar-refractivity contribution in [2.45, 2.75) is 42.0 Å². The van der Waals surface area contributed by atoms with Gasteiger partial charge >= 0.3 is 0 Å². The highest BCUT2D eigenvalue weighted by Crippen LogP contribution is 2.48. The molecule has 2 aliphatic heterocycles. The van der Waals surface area contributed by atoms with Crippen molar-refractivity contribution in [1.29, 1.82) is 0 Å². The maximum absolute atomic E-state index is 4.40. The SMILES string of the molecule is CCCc1ccc2c(c1)Sc1ccccc1N2CC1CCN=N1. The van der Waals surface area contributed by atoms with E-state index in [2.05, 4.69) is 64.5 Å². The Kier molecular flexibility index (Phi) is 4.08. The summed E-state index contributed by atoms with van der Waals surface area (Å²) in [5, 5.41) is 8.57. The van der Waals surface area contributed by atoms with Crippen LogP contribution in [0.15, 0.2) is 62.5 Å². The number of aryl methyl sites for hydroxylation is 1. The molecule has 4 heteroatoms. The van der Waals surface area contributed by atoms with E-state index in [1.165, 1.54) is 33.2 Å². The van der Waals surface area contributed by atoms with E-state index < -0.39 is 0 Å². The Hall–Kier alpha value is -1.81. The van der Waals surface area contributed by atoms with Gasteiger partial charge in [-0.25, -0.2) is 0 Å². The summed E-state index contributed by atoms with van der Waals surface area (Å²) in [4.78, 5) is 5.14. The molecule has 2 aliphatic rings. The molecule has 0 saturated heterocycles. The van der Waals surface area contributed by atoms with Crippen molar-refractivity contribution in [3.8, 4) is 0 Å². The molecule has 0 N–H and O–H groups in total. The van der Waals surface area contributed by atoms with E-state index in [1.807, 2.05) is 11.8 Å². The summed E-state index contributed by atoms with van der Waals surface area (Å²) in [5.41, 5.74) is 4.05. The van der Waals surface area contributed by atoms with Crippen molar-refractivity contribution in [3.05, 3.63) is 48.0 Å². The molecule has 0 spiro atoms. The standard InChI is InChI=1S/C19H21N3S/c1-2-5-14-8-9-17-19(12-14)23-18-7-4-3-6-16(18)22(17)13-15-10-11-20-21-15/h3-4,6-9,12,15H,2,5,10-11,13H2,1H3. The van der Waals surface area contributed by atoms with Crippen LogP contribution in [-0.2, 0) is 6.42 Å². The third kappa shape index (κ3) is 2.88. The summed E-state index contributed by atoms with van der Waals surface area (Å²) in [5.74, 6) is 0. The van der Waals surface area contributed by atoms with Crippen molar-refractivity contribution in [1.82, 2.24) is 0 Å². The van der Waals surface area contributed by atoms with Crippen LogP contribution >= 0.6 is 11.8 Å². The molecular formula is C19H21N3S. The first kappa shape index (κ1) is 14.8. The number of benzene rings is 2. The van der Waals surface area contributed by atoms with Gasteiger partial charge in [-0.15, -0.1) is 0 Å². The smallest absolute Gasteiger partial charge is 0.0905 e. The average molecular weight is 323 g/mol. The Morgan fingerprint density at radius 1 is 1.13 bits per heavy atom. The lowest BCUT2D eigenvalue weighted by molar-refractivity contribution is 0.677. The fraction of sp³-hybridized carbons (Fsp3) is 0.368. The highest BCUT2D eigenvalue weighted by Gasteiger charge is 2.26. The van der Waals surface area contributed by atoms with Crippen LogP contribution in [0, 0.1) is 0 Å². The van der Waals surface area contributed by atoms with Crippen LogP contribution in [0.1, 0.15) is 25.3 Å². The molecule has 2 aromatic rings. The predicted molar refractivity (Wildman–Crippen MR) is 96.1 cm³/mol. The minimum absolute atomic E-state index is 0.314. The number of rotatable bonds is 4. The number of hydrogen-bond donors (Lipinski definition) is 0. The van der Waals surface area contributed by atoms with Gasteiger partial charge in [-0.3, -0.25) is 0 Å². The van der Waals surface area contributed by atoms with E-state index in [9.17, 15) is 0 Å². The summed E-state index contributed by atoms with van der Waals surface area (Å²) < 4.78 is 0. The Labute approximate surface area is 141 Å². The van der Waals surface area contributed by atoms with Crippen LogP contribution in [0.3, 0.4) is 0 Å². The fourth-order valence-electron chi connectivity index (χ4n) is 3.30. The minimum Gasteiger partial charge on any atom is -0.337 e. The van der Waals surface area contributed by atoms with E-state index in [-0.39, 0.29) is 0 Å². The maximum atomic E-state index is 4.40. The monoisotopic (exact) mass is 323 g/mol. The zero-order chi connectivity index (χ0) is 15.6. The van der Waals surface area contributed by atoms with E-state index in [0.29, 0.717) is 6.04 Å². The summed E-state index contributed by atoms with van der Waals surface area (Å²) in [6, 6.07) is 15.9. The summed E-state index contributed by atoms with van der Waals surface area (Å²) >= 11 is 1.89. The largest absolute Gasteiger partial charge is 0.337 e. The second-order valence-corrected chi connectivity index (χ2v) is 7.24. The first-order valence-electron chi connectivity index (χ1n) is 8.39. The zero-order valence-corrected chi connectivity index (χ0v) is 14.2. The molecule has 0 radical (unpaired) electrons. The highest BCUT2D eigenvalue weighted by molar-refractivity contribution is 7.99. The minimum atomic E-state index is 0.314. The van der Waals surface area contributed by atoms with Gasteiger partial charge in [-0.2, -0.15) is 10.2 Å². The number of azo groups is 1. The fourth-order valence-corrected chi connectivity index (χ4v) is 4.45. The van der Waals surface area contributed by atoms with Gasteiger partial charge in [0.05, 0.1) is 24.0 Å². The summed E-state index contributed by atoms with van der Waals surface area (Å²) in [6.07, 6.45) is 3.40. The summed E-state index contributed by atoms with van der Waals surface area (Å²) in [6.45, 7) is 4.03. The molecule has 0 aliphatic carbocycles. The lowest BCUT2D eigenvalue weighted by atomic mass is 10.1. The van der Waals surface area contributed by atoms with Crippen molar-refractivity contribution in [2.75, 3.05) is 18.0 Å². The quantitative estimate of drug-likeness (QED) is 0.746. The second-order valence-electron chi connectivity index (χ2n) is 6.16. The normalized spacial score (nSPS) is 18.8. The lowest BCUT2D eigenvalue weighted by Gasteiger charge is -2.34. The summed E-state index contributed by atoms with van der Waals surface area (Å²) in [7, 11) is 0. The van der Waals surface area contributed by atoms with Crippen LogP contribution in [0.4, 0.5) is 11.4 Å². The van der Waals surface area contributed by atoms with Crippen LogP contribution in [0.25, 0.3) is 0 Å². The molecule has 0 saturated carbocycles. The second kappa shape index (κ2) is 6.36. The van der Waals surface area contributed by atoms with Crippen LogP contribution in [0.5, 0.6) is 0 Å². The molecule has 1 unspecified atom stereocenters. The van der Waals surface area contributed by atoms with E-state index in [4.69, 9.17) is 0 Å². The lowest BCUT2D eigenvalue weighted by Crippen LogP contribution is -2.28. The third-order valence-corrected chi connectivity index (χ3v) is 5.54. The van der Waals surface area contributed by atoms with Crippen LogP contribution in [0.2, 0.25) is 0 Å². The number of fused-ring (bicyclic) bond motifs is 2. The number of nitrogens with zero attached hydrogens (tertiary/aromatic N) is 3. The van der Waals surface area contributed by atoms with Gasteiger partial charge in [-0.05, 0) is 42.7 Å². The molecule has 2 heterocycles. The first-order chi connectivity index (χ1) is 11.3. The molecule has 0 fully saturated rings. The first-order valence-corrected chi connectivity index (χ1v) is 9.21. The molecule has 118 valence electrons. The Balaban J connectivity index is 1.73. The third-order valence-electron chi connectivity index (χ3n) is 4.43. The van der Waals surface area contributed by atoms with Gasteiger partial charge < -0.3 is 4.90 Å². The molecule has 0 amide bonds. The Bertz CT molecular complexity index is 741. The molecule has 0 aromatic heterocycles. The van der Waals surface area contributed by atoms with Gasteiger partial charge in [0.15, 0.2) is 0 Å². The van der Waals surface area contributed by atoms with Gasteiger partial charge in [0, 0.05) is 16.3 Å². The van der Waals surface area contributed by atoms with Crippen molar-refractivity contribution < 1.29 is 0 Å². The molecule has 1 atom stereocenters. The molecule has 23 heavy (non-hydrogen) atoms. The van der Waals surface area contributed by atoms with Crippen LogP contribution in [-0.4, -0.2) is 19.1 Å². The van der Waals surface area contributed by atoms with Crippen LogP contribution < -0.4 is 4.90 Å². The molecule has 0 bridgehead atoms. The predicted octanol–water partition coefficient (Wildman–Crippen LogP) is 5.47. The molecule has 3 nitrogen and oxygen atoms in total. The van der Waals surface area contributed by atoms with Gasteiger partial charge in [0.1, 0.15) is 0 Å². The van der Waals surface area contributed by atoms with Crippen molar-refractivity contribution >= 4 is 23.1 Å². The topological polar surface area (TPSA) is 28.0 Å². The molecular weight excluding hydrogens is 302 g/mol. The van der Waals surface area contributed by atoms with Crippen molar-refractivity contribution in [3.63, 3.8) is 0 Å². The van der Waals surface area contributed by atoms with Crippen molar-refractivity contribution in [2.24, 2.45) is 10.2 Å². The van der Waals surface area contributed by atoms with Gasteiger partial charge in [-0.1, -0.05) is 43.3 Å². The maximum Gasteiger partial charge on any atom is 0.0905 e. The molecule has 2 aromatic carbocycles. The highest BCUT2D eigenvalue weighted by atomic mass is 32.2. The van der Waals surface area contributed by atoms with Gasteiger partial charge in [0.2, 0.25) is 0 Å². The molecule has 4 rings (SSSR count). The zero-order valence-electron chi connectivity index (χ0n) is 13.4. The van der Waals surface area contributed by atoms with E-state index in [0.717, 1.165) is 25.9 Å². The average Bonchev–Trinajstić information content (AvgIpc) is 3.08. The Morgan fingerprint density at radius 3 is 2.83 bits per heavy atom. The van der Waals surface area contributed by atoms with Gasteiger partial charge in [0.25, 0.3) is 0 Å².